The first kappa shape index (κ1) is 11.3. The minimum Gasteiger partial charge on any atom is -0.497 e. The topological polar surface area (TPSA) is 12.2 Å². The van der Waals surface area contributed by atoms with Gasteiger partial charge >= 0.3 is 0 Å². The van der Waals surface area contributed by atoms with Gasteiger partial charge in [0.1, 0.15) is 5.75 Å². The van der Waals surface area contributed by atoms with E-state index in [1.165, 1.54) is 11.1 Å². The number of ether oxygens (including phenoxy) is 1. The van der Waals surface area contributed by atoms with Crippen LogP contribution < -0.4 is 4.74 Å². The number of hydrogen-bond acceptors (Lipinski definition) is 2. The van der Waals surface area contributed by atoms with Gasteiger partial charge in [0.05, 0.1) is 7.11 Å². The molecule has 2 nitrogen and oxygen atoms in total. The van der Waals surface area contributed by atoms with Crippen molar-refractivity contribution < 1.29 is 4.74 Å². The van der Waals surface area contributed by atoms with Gasteiger partial charge in [0.25, 0.3) is 0 Å². The summed E-state index contributed by atoms with van der Waals surface area (Å²) in [6.45, 7) is 2.19. The van der Waals surface area contributed by atoms with Crippen molar-refractivity contribution in [1.82, 2.24) is 4.90 Å². The van der Waals surface area contributed by atoms with Gasteiger partial charge in [-0.3, -0.25) is 4.90 Å². The maximum atomic E-state index is 5.18. The molecule has 3 rings (SSSR count). The third-order valence-corrected chi connectivity index (χ3v) is 3.44. The van der Waals surface area contributed by atoms with Crippen molar-refractivity contribution in [2.24, 2.45) is 0 Å². The van der Waals surface area contributed by atoms with Crippen LogP contribution in [0.3, 0.4) is 0 Å². The first-order valence-corrected chi connectivity index (χ1v) is 6.29. The fraction of sp³-hybridized carbons (Fsp3) is 0.250. The number of methoxy groups -OCH3 is 1. The third-order valence-electron chi connectivity index (χ3n) is 3.44. The summed E-state index contributed by atoms with van der Waals surface area (Å²) in [5, 5.41) is 0. The third kappa shape index (κ3) is 2.39. The summed E-state index contributed by atoms with van der Waals surface area (Å²) in [5.41, 5.74) is 2.76. The van der Waals surface area contributed by atoms with Crippen molar-refractivity contribution in [2.75, 3.05) is 13.7 Å². The summed E-state index contributed by atoms with van der Waals surface area (Å²) in [6.07, 6.45) is 0. The first-order valence-electron chi connectivity index (χ1n) is 6.29. The minimum atomic E-state index is 0.580. The van der Waals surface area contributed by atoms with Crippen molar-refractivity contribution in [3.05, 3.63) is 65.7 Å². The zero-order valence-corrected chi connectivity index (χ0v) is 10.5. The van der Waals surface area contributed by atoms with Gasteiger partial charge in [-0.25, -0.2) is 0 Å². The van der Waals surface area contributed by atoms with E-state index < -0.39 is 0 Å². The normalized spacial score (nSPS) is 21.6. The van der Waals surface area contributed by atoms with Crippen molar-refractivity contribution in [1.29, 1.82) is 0 Å². The van der Waals surface area contributed by atoms with Gasteiger partial charge in [0.15, 0.2) is 0 Å². The van der Waals surface area contributed by atoms with Gasteiger partial charge < -0.3 is 4.74 Å². The Morgan fingerprint density at radius 3 is 2.44 bits per heavy atom. The molecule has 18 heavy (non-hydrogen) atoms. The molecule has 1 heterocycles. The molecule has 1 unspecified atom stereocenters. The number of hydrogen-bond donors (Lipinski definition) is 0. The lowest BCUT2D eigenvalue weighted by atomic mass is 10.1. The molecule has 0 saturated carbocycles. The van der Waals surface area contributed by atoms with E-state index in [4.69, 9.17) is 4.74 Å². The van der Waals surface area contributed by atoms with Crippen molar-refractivity contribution >= 4 is 0 Å². The molecular weight excluding hydrogens is 222 g/mol. The molecule has 0 aliphatic carbocycles. The summed E-state index contributed by atoms with van der Waals surface area (Å²) in [5.74, 6) is 0.925. The second-order valence-corrected chi connectivity index (χ2v) is 4.70. The van der Waals surface area contributed by atoms with E-state index in [1.54, 1.807) is 7.11 Å². The highest BCUT2D eigenvalue weighted by Crippen LogP contribution is 2.36. The Morgan fingerprint density at radius 1 is 1.06 bits per heavy atom. The summed E-state index contributed by atoms with van der Waals surface area (Å²) in [4.78, 5) is 2.47. The predicted octanol–water partition coefficient (Wildman–Crippen LogP) is 3.25. The van der Waals surface area contributed by atoms with Gasteiger partial charge in [-0.05, 0) is 23.3 Å². The molecule has 2 heteroatoms. The standard InChI is InChI=1S/C16H17NO/c1-18-15-9-7-14(8-10-15)16-12-17(16)11-13-5-3-2-4-6-13/h2-10,16H,11-12H2,1H3/t16-,17?/m0/s1. The molecule has 2 aromatic rings. The van der Waals surface area contributed by atoms with Crippen LogP contribution in [-0.2, 0) is 6.54 Å². The Kier molecular flexibility index (Phi) is 3.03. The van der Waals surface area contributed by atoms with Crippen LogP contribution in [0.5, 0.6) is 5.75 Å². The van der Waals surface area contributed by atoms with E-state index in [9.17, 15) is 0 Å². The van der Waals surface area contributed by atoms with Crippen LogP contribution in [0.4, 0.5) is 0 Å². The first-order chi connectivity index (χ1) is 8.86. The van der Waals surface area contributed by atoms with Crippen LogP contribution >= 0.6 is 0 Å². The molecule has 92 valence electrons. The number of nitrogens with zero attached hydrogens (tertiary/aromatic N) is 1. The molecule has 0 aromatic heterocycles. The highest BCUT2D eigenvalue weighted by atomic mass is 16.5. The molecule has 0 spiro atoms. The summed E-state index contributed by atoms with van der Waals surface area (Å²) in [6, 6.07) is 19.6. The molecule has 0 bridgehead atoms. The predicted molar refractivity (Wildman–Crippen MR) is 72.6 cm³/mol. The van der Waals surface area contributed by atoms with Crippen LogP contribution in [0, 0.1) is 0 Å². The van der Waals surface area contributed by atoms with E-state index in [0.717, 1.165) is 18.8 Å². The zero-order chi connectivity index (χ0) is 12.4. The summed E-state index contributed by atoms with van der Waals surface area (Å²) < 4.78 is 5.18. The molecule has 2 atom stereocenters. The molecule has 1 saturated heterocycles. The zero-order valence-electron chi connectivity index (χ0n) is 10.5. The van der Waals surface area contributed by atoms with Gasteiger partial charge in [0.2, 0.25) is 0 Å². The monoisotopic (exact) mass is 239 g/mol. The van der Waals surface area contributed by atoms with Crippen LogP contribution in [0.15, 0.2) is 54.6 Å². The fourth-order valence-corrected chi connectivity index (χ4v) is 2.31. The smallest absolute Gasteiger partial charge is 0.118 e. The Labute approximate surface area is 108 Å². The van der Waals surface area contributed by atoms with Gasteiger partial charge in [-0.1, -0.05) is 42.5 Å². The van der Waals surface area contributed by atoms with Crippen molar-refractivity contribution in [2.45, 2.75) is 12.6 Å². The van der Waals surface area contributed by atoms with Gasteiger partial charge in [-0.2, -0.15) is 0 Å². The van der Waals surface area contributed by atoms with Crippen molar-refractivity contribution in [3.8, 4) is 5.75 Å². The lowest BCUT2D eigenvalue weighted by molar-refractivity contribution is 0.414. The van der Waals surface area contributed by atoms with Crippen LogP contribution in [0.1, 0.15) is 17.2 Å². The maximum Gasteiger partial charge on any atom is 0.118 e. The lowest BCUT2D eigenvalue weighted by Gasteiger charge is -2.05. The van der Waals surface area contributed by atoms with Gasteiger partial charge in [0, 0.05) is 19.1 Å². The Bertz CT molecular complexity index is 506. The lowest BCUT2D eigenvalue weighted by Crippen LogP contribution is -1.98. The molecule has 1 fully saturated rings. The van der Waals surface area contributed by atoms with Crippen LogP contribution in [0.25, 0.3) is 0 Å². The van der Waals surface area contributed by atoms with Crippen molar-refractivity contribution in [3.63, 3.8) is 0 Å². The maximum absolute atomic E-state index is 5.18. The molecular formula is C16H17NO. The summed E-state index contributed by atoms with van der Waals surface area (Å²) in [7, 11) is 1.70. The van der Waals surface area contributed by atoms with E-state index >= 15 is 0 Å². The van der Waals surface area contributed by atoms with E-state index in [1.807, 2.05) is 12.1 Å². The average Bonchev–Trinajstić information content (AvgIpc) is 3.19. The Morgan fingerprint density at radius 2 is 1.78 bits per heavy atom. The molecule has 1 aliphatic rings. The highest BCUT2D eigenvalue weighted by Gasteiger charge is 2.34. The Hall–Kier alpha value is -1.80. The molecule has 1 aliphatic heterocycles. The average molecular weight is 239 g/mol. The molecule has 2 aromatic carbocycles. The van der Waals surface area contributed by atoms with E-state index in [0.29, 0.717) is 6.04 Å². The van der Waals surface area contributed by atoms with Gasteiger partial charge in [-0.15, -0.1) is 0 Å². The molecule has 0 N–H and O–H groups in total. The highest BCUT2D eigenvalue weighted by molar-refractivity contribution is 5.32. The minimum absolute atomic E-state index is 0.580. The SMILES string of the molecule is COc1ccc([C@@H]2CN2Cc2ccccc2)cc1. The molecule has 0 amide bonds. The van der Waals surface area contributed by atoms with E-state index in [-0.39, 0.29) is 0 Å². The van der Waals surface area contributed by atoms with Crippen LogP contribution in [-0.4, -0.2) is 18.6 Å². The Balaban J connectivity index is 1.63. The number of rotatable bonds is 4. The number of benzene rings is 2. The van der Waals surface area contributed by atoms with E-state index in [2.05, 4.69) is 47.4 Å². The fourth-order valence-electron chi connectivity index (χ4n) is 2.31. The second kappa shape index (κ2) is 4.83. The quantitative estimate of drug-likeness (QED) is 0.759. The molecule has 0 radical (unpaired) electrons. The second-order valence-electron chi connectivity index (χ2n) is 4.70. The van der Waals surface area contributed by atoms with Crippen LogP contribution in [0.2, 0.25) is 0 Å². The summed E-state index contributed by atoms with van der Waals surface area (Å²) >= 11 is 0. The largest absolute Gasteiger partial charge is 0.497 e.